The van der Waals surface area contributed by atoms with Gasteiger partial charge < -0.3 is 14.4 Å². The summed E-state index contributed by atoms with van der Waals surface area (Å²) >= 11 is 0. The van der Waals surface area contributed by atoms with Crippen molar-refractivity contribution >= 4 is 0 Å². The first-order chi connectivity index (χ1) is 7.03. The Morgan fingerprint density at radius 2 is 2.07 bits per heavy atom. The molecule has 3 nitrogen and oxygen atoms in total. The Labute approximate surface area is 90.7 Å². The summed E-state index contributed by atoms with van der Waals surface area (Å²) in [6.45, 7) is 7.38. The van der Waals surface area contributed by atoms with E-state index in [1.807, 2.05) is 6.92 Å². The predicted octanol–water partition coefficient (Wildman–Crippen LogP) is 1.64. The lowest BCUT2D eigenvalue weighted by molar-refractivity contribution is -0.0394. The minimum Gasteiger partial charge on any atom is -0.385 e. The van der Waals surface area contributed by atoms with E-state index in [2.05, 4.69) is 30.5 Å². The normalized spacial score (nSPS) is 31.1. The maximum atomic E-state index is 10.4. The molecule has 0 amide bonds. The predicted molar refractivity (Wildman–Crippen MR) is 58.9 cm³/mol. The summed E-state index contributed by atoms with van der Waals surface area (Å²) in [7, 11) is 0. The molecule has 1 saturated heterocycles. The number of aryl methyl sites for hydroxylation is 2. The summed E-state index contributed by atoms with van der Waals surface area (Å²) < 4.78 is 7.59. The van der Waals surface area contributed by atoms with Gasteiger partial charge in [0.2, 0.25) is 0 Å². The fourth-order valence-electron chi connectivity index (χ4n) is 2.20. The second-order valence-corrected chi connectivity index (χ2v) is 4.57. The molecule has 1 fully saturated rings. The van der Waals surface area contributed by atoms with Crippen LogP contribution < -0.4 is 0 Å². The highest BCUT2D eigenvalue weighted by Gasteiger charge is 2.40. The van der Waals surface area contributed by atoms with Gasteiger partial charge in [-0.05, 0) is 32.9 Å². The van der Waals surface area contributed by atoms with Gasteiger partial charge in [-0.3, -0.25) is 0 Å². The zero-order valence-corrected chi connectivity index (χ0v) is 9.66. The van der Waals surface area contributed by atoms with Crippen LogP contribution in [0.3, 0.4) is 0 Å². The lowest BCUT2D eigenvalue weighted by Crippen LogP contribution is -2.41. The molecule has 2 atom stereocenters. The molecule has 0 aliphatic carbocycles. The van der Waals surface area contributed by atoms with Crippen LogP contribution >= 0.6 is 0 Å². The number of nitrogens with zero attached hydrogens (tertiary/aromatic N) is 1. The Kier molecular flexibility index (Phi) is 2.61. The van der Waals surface area contributed by atoms with Crippen molar-refractivity contribution in [3.05, 3.63) is 23.5 Å². The first kappa shape index (κ1) is 10.7. The van der Waals surface area contributed by atoms with E-state index in [0.717, 1.165) is 6.42 Å². The summed E-state index contributed by atoms with van der Waals surface area (Å²) in [5, 5.41) is 10.4. The van der Waals surface area contributed by atoms with E-state index >= 15 is 0 Å². The van der Waals surface area contributed by atoms with Crippen molar-refractivity contribution in [2.45, 2.75) is 45.4 Å². The summed E-state index contributed by atoms with van der Waals surface area (Å²) in [5.41, 5.74) is 1.69. The number of rotatable bonds is 2. The molecular weight excluding hydrogens is 190 g/mol. The maximum absolute atomic E-state index is 10.4. The number of aliphatic hydroxyl groups is 1. The third-order valence-electron chi connectivity index (χ3n) is 3.51. The van der Waals surface area contributed by atoms with Crippen molar-refractivity contribution in [2.24, 2.45) is 0 Å². The van der Waals surface area contributed by atoms with Crippen molar-refractivity contribution in [3.63, 3.8) is 0 Å². The molecule has 0 spiro atoms. The van der Waals surface area contributed by atoms with Crippen LogP contribution in [-0.4, -0.2) is 28.0 Å². The standard InChI is InChI=1S/C12H19NO2/c1-9-4-5-10(2)13(9)8-12(14)6-7-15-11(12)3/h4-5,11,14H,6-8H2,1-3H3. The first-order valence-corrected chi connectivity index (χ1v) is 5.50. The minimum absolute atomic E-state index is 0.0706. The van der Waals surface area contributed by atoms with E-state index in [-0.39, 0.29) is 6.10 Å². The fourth-order valence-corrected chi connectivity index (χ4v) is 2.20. The van der Waals surface area contributed by atoms with Crippen LogP contribution in [0.25, 0.3) is 0 Å². The quantitative estimate of drug-likeness (QED) is 0.803. The Bertz CT molecular complexity index is 339. The minimum atomic E-state index is -0.700. The number of hydrogen-bond donors (Lipinski definition) is 1. The van der Waals surface area contributed by atoms with E-state index in [1.165, 1.54) is 11.4 Å². The summed E-state index contributed by atoms with van der Waals surface area (Å²) in [4.78, 5) is 0. The Hall–Kier alpha value is -0.800. The lowest BCUT2D eigenvalue weighted by atomic mass is 9.96. The zero-order chi connectivity index (χ0) is 11.1. The monoisotopic (exact) mass is 209 g/mol. The number of ether oxygens (including phenoxy) is 1. The highest BCUT2D eigenvalue weighted by molar-refractivity contribution is 5.14. The molecular formula is C12H19NO2. The third-order valence-corrected chi connectivity index (χ3v) is 3.51. The van der Waals surface area contributed by atoms with E-state index in [4.69, 9.17) is 4.74 Å². The Morgan fingerprint density at radius 3 is 2.53 bits per heavy atom. The summed E-state index contributed by atoms with van der Waals surface area (Å²) in [6, 6.07) is 4.17. The lowest BCUT2D eigenvalue weighted by Gasteiger charge is -2.28. The van der Waals surface area contributed by atoms with Crippen LogP contribution in [0.1, 0.15) is 24.7 Å². The van der Waals surface area contributed by atoms with Gasteiger partial charge in [-0.2, -0.15) is 0 Å². The van der Waals surface area contributed by atoms with Crippen LogP contribution in [0.4, 0.5) is 0 Å². The molecule has 1 aromatic rings. The van der Waals surface area contributed by atoms with Gasteiger partial charge in [0.15, 0.2) is 0 Å². The van der Waals surface area contributed by atoms with Crippen LogP contribution in [0.2, 0.25) is 0 Å². The van der Waals surface area contributed by atoms with Gasteiger partial charge in [0.25, 0.3) is 0 Å². The molecule has 2 rings (SSSR count). The molecule has 84 valence electrons. The molecule has 15 heavy (non-hydrogen) atoms. The third kappa shape index (κ3) is 1.82. The van der Waals surface area contributed by atoms with Gasteiger partial charge in [0.1, 0.15) is 5.60 Å². The van der Waals surface area contributed by atoms with Gasteiger partial charge >= 0.3 is 0 Å². The smallest absolute Gasteiger partial charge is 0.110 e. The molecule has 0 aromatic carbocycles. The van der Waals surface area contributed by atoms with Crippen molar-refractivity contribution in [3.8, 4) is 0 Å². The molecule has 0 saturated carbocycles. The second kappa shape index (κ2) is 3.65. The average molecular weight is 209 g/mol. The van der Waals surface area contributed by atoms with Gasteiger partial charge in [0, 0.05) is 24.4 Å². The number of hydrogen-bond acceptors (Lipinski definition) is 2. The van der Waals surface area contributed by atoms with Gasteiger partial charge in [0.05, 0.1) is 12.6 Å². The first-order valence-electron chi connectivity index (χ1n) is 5.50. The molecule has 3 heteroatoms. The molecule has 1 aliphatic rings. The van der Waals surface area contributed by atoms with Crippen LogP contribution in [0, 0.1) is 13.8 Å². The van der Waals surface area contributed by atoms with E-state index in [1.54, 1.807) is 0 Å². The highest BCUT2D eigenvalue weighted by atomic mass is 16.5. The van der Waals surface area contributed by atoms with E-state index in [0.29, 0.717) is 13.2 Å². The molecule has 2 unspecified atom stereocenters. The van der Waals surface area contributed by atoms with Crippen molar-refractivity contribution in [2.75, 3.05) is 6.61 Å². The van der Waals surface area contributed by atoms with Crippen molar-refractivity contribution in [1.29, 1.82) is 0 Å². The maximum Gasteiger partial charge on any atom is 0.110 e. The van der Waals surface area contributed by atoms with E-state index in [9.17, 15) is 5.11 Å². The van der Waals surface area contributed by atoms with Crippen LogP contribution in [-0.2, 0) is 11.3 Å². The Balaban J connectivity index is 2.21. The molecule has 2 heterocycles. The fraction of sp³-hybridized carbons (Fsp3) is 0.667. The summed E-state index contributed by atoms with van der Waals surface area (Å²) in [5.74, 6) is 0. The largest absolute Gasteiger partial charge is 0.385 e. The average Bonchev–Trinajstić information content (AvgIpc) is 2.65. The van der Waals surface area contributed by atoms with Gasteiger partial charge in [-0.25, -0.2) is 0 Å². The Morgan fingerprint density at radius 1 is 1.47 bits per heavy atom. The van der Waals surface area contributed by atoms with E-state index < -0.39 is 5.60 Å². The van der Waals surface area contributed by atoms with Gasteiger partial charge in [-0.1, -0.05) is 0 Å². The molecule has 1 aromatic heterocycles. The molecule has 0 radical (unpaired) electrons. The number of aromatic nitrogens is 1. The highest BCUT2D eigenvalue weighted by Crippen LogP contribution is 2.28. The molecule has 0 bridgehead atoms. The summed E-state index contributed by atoms with van der Waals surface area (Å²) in [6.07, 6.45) is 0.657. The SMILES string of the molecule is Cc1ccc(C)n1CC1(O)CCOC1C. The zero-order valence-electron chi connectivity index (χ0n) is 9.66. The molecule has 1 aliphatic heterocycles. The van der Waals surface area contributed by atoms with Crippen LogP contribution in [0.15, 0.2) is 12.1 Å². The van der Waals surface area contributed by atoms with Crippen LogP contribution in [0.5, 0.6) is 0 Å². The molecule has 1 N–H and O–H groups in total. The second-order valence-electron chi connectivity index (χ2n) is 4.57. The van der Waals surface area contributed by atoms with Crippen molar-refractivity contribution in [1.82, 2.24) is 4.57 Å². The topological polar surface area (TPSA) is 34.4 Å². The van der Waals surface area contributed by atoms with Gasteiger partial charge in [-0.15, -0.1) is 0 Å². The van der Waals surface area contributed by atoms with Crippen molar-refractivity contribution < 1.29 is 9.84 Å².